The molecule has 0 aliphatic heterocycles. The van der Waals surface area contributed by atoms with Crippen LogP contribution in [0.3, 0.4) is 0 Å². The number of furan rings is 1. The van der Waals surface area contributed by atoms with Crippen LogP contribution >= 0.6 is 0 Å². The van der Waals surface area contributed by atoms with E-state index >= 15 is 0 Å². The molecule has 0 spiro atoms. The third-order valence-corrected chi connectivity index (χ3v) is 3.14. The van der Waals surface area contributed by atoms with Gasteiger partial charge in [-0.05, 0) is 23.8 Å². The maximum absolute atomic E-state index is 12.5. The molecule has 0 bridgehead atoms. The quantitative estimate of drug-likeness (QED) is 0.630. The highest BCUT2D eigenvalue weighted by molar-refractivity contribution is 6.16. The van der Waals surface area contributed by atoms with Crippen LogP contribution in [-0.4, -0.2) is 5.78 Å². The van der Waals surface area contributed by atoms with Gasteiger partial charge in [-0.2, -0.15) is 0 Å². The van der Waals surface area contributed by atoms with Gasteiger partial charge in [-0.1, -0.05) is 42.5 Å². The van der Waals surface area contributed by atoms with Gasteiger partial charge in [0.1, 0.15) is 5.76 Å². The minimum Gasteiger partial charge on any atom is -0.469 e. The Labute approximate surface area is 105 Å². The number of hydrogen-bond acceptors (Lipinski definition) is 2. The van der Waals surface area contributed by atoms with Crippen molar-refractivity contribution in [2.75, 3.05) is 0 Å². The largest absolute Gasteiger partial charge is 0.469 e. The van der Waals surface area contributed by atoms with Crippen LogP contribution in [0.1, 0.15) is 21.7 Å². The highest BCUT2D eigenvalue weighted by Gasteiger charge is 2.15. The van der Waals surface area contributed by atoms with E-state index in [1.807, 2.05) is 42.5 Å². The molecule has 0 unspecified atom stereocenters. The van der Waals surface area contributed by atoms with Crippen LogP contribution in [0.5, 0.6) is 0 Å². The SMILES string of the molecule is Cc1occc1C(=O)c1cccc2ccccc12. The molecule has 0 aliphatic carbocycles. The Kier molecular flexibility index (Phi) is 2.49. The first kappa shape index (κ1) is 10.8. The lowest BCUT2D eigenvalue weighted by atomic mass is 9.98. The molecule has 1 aromatic heterocycles. The number of benzene rings is 2. The van der Waals surface area contributed by atoms with E-state index in [0.29, 0.717) is 11.3 Å². The van der Waals surface area contributed by atoms with Gasteiger partial charge in [0.25, 0.3) is 0 Å². The first-order valence-corrected chi connectivity index (χ1v) is 5.84. The zero-order valence-corrected chi connectivity index (χ0v) is 10.0. The van der Waals surface area contributed by atoms with Crippen molar-refractivity contribution in [1.82, 2.24) is 0 Å². The molecule has 18 heavy (non-hydrogen) atoms. The highest BCUT2D eigenvalue weighted by Crippen LogP contribution is 2.22. The molecule has 3 aromatic rings. The van der Waals surface area contributed by atoms with Crippen LogP contribution in [0.4, 0.5) is 0 Å². The van der Waals surface area contributed by atoms with Crippen molar-refractivity contribution >= 4 is 16.6 Å². The van der Waals surface area contributed by atoms with Crippen LogP contribution in [0.25, 0.3) is 10.8 Å². The van der Waals surface area contributed by atoms with E-state index in [1.54, 1.807) is 19.3 Å². The van der Waals surface area contributed by atoms with Crippen LogP contribution in [0.15, 0.2) is 59.2 Å². The molecule has 2 heteroatoms. The normalized spacial score (nSPS) is 10.7. The number of carbonyl (C=O) groups is 1. The van der Waals surface area contributed by atoms with Crippen molar-refractivity contribution < 1.29 is 9.21 Å². The average Bonchev–Trinajstić information content (AvgIpc) is 2.83. The Balaban J connectivity index is 2.21. The summed E-state index contributed by atoms with van der Waals surface area (Å²) in [6.45, 7) is 1.80. The summed E-state index contributed by atoms with van der Waals surface area (Å²) in [5.74, 6) is 0.672. The maximum atomic E-state index is 12.5. The fourth-order valence-electron chi connectivity index (χ4n) is 2.19. The topological polar surface area (TPSA) is 30.2 Å². The lowest BCUT2D eigenvalue weighted by molar-refractivity contribution is 0.103. The van der Waals surface area contributed by atoms with Crippen LogP contribution in [0, 0.1) is 6.92 Å². The molecule has 0 radical (unpaired) electrons. The Hall–Kier alpha value is -2.35. The summed E-state index contributed by atoms with van der Waals surface area (Å²) in [7, 11) is 0. The standard InChI is InChI=1S/C16H12O2/c1-11-13(9-10-18-11)16(17)15-8-4-6-12-5-2-3-7-14(12)15/h2-10H,1H3. The van der Waals surface area contributed by atoms with E-state index < -0.39 is 0 Å². The Bertz CT molecular complexity index is 717. The third kappa shape index (κ3) is 1.63. The summed E-state index contributed by atoms with van der Waals surface area (Å²) in [5.41, 5.74) is 1.35. The predicted octanol–water partition coefficient (Wildman–Crippen LogP) is 3.97. The molecule has 0 N–H and O–H groups in total. The summed E-state index contributed by atoms with van der Waals surface area (Å²) in [5, 5.41) is 2.05. The third-order valence-electron chi connectivity index (χ3n) is 3.14. The smallest absolute Gasteiger partial charge is 0.197 e. The maximum Gasteiger partial charge on any atom is 0.197 e. The predicted molar refractivity (Wildman–Crippen MR) is 70.8 cm³/mol. The highest BCUT2D eigenvalue weighted by atomic mass is 16.3. The second-order valence-corrected chi connectivity index (χ2v) is 4.25. The molecular weight excluding hydrogens is 224 g/mol. The minimum absolute atomic E-state index is 0.0121. The van der Waals surface area contributed by atoms with E-state index in [9.17, 15) is 4.79 Å². The molecule has 3 rings (SSSR count). The molecule has 0 saturated carbocycles. The summed E-state index contributed by atoms with van der Waals surface area (Å²) in [6, 6.07) is 15.4. The second kappa shape index (κ2) is 4.15. The van der Waals surface area contributed by atoms with Crippen molar-refractivity contribution in [2.24, 2.45) is 0 Å². The summed E-state index contributed by atoms with van der Waals surface area (Å²) in [4.78, 5) is 12.5. The first-order chi connectivity index (χ1) is 8.77. The molecular formula is C16H12O2. The van der Waals surface area contributed by atoms with Gasteiger partial charge in [-0.15, -0.1) is 0 Å². The van der Waals surface area contributed by atoms with Crippen molar-refractivity contribution in [3.8, 4) is 0 Å². The Morgan fingerprint density at radius 3 is 2.50 bits per heavy atom. The number of hydrogen-bond donors (Lipinski definition) is 0. The zero-order chi connectivity index (χ0) is 12.5. The molecule has 2 aromatic carbocycles. The first-order valence-electron chi connectivity index (χ1n) is 5.84. The van der Waals surface area contributed by atoms with Gasteiger partial charge >= 0.3 is 0 Å². The van der Waals surface area contributed by atoms with Crippen LogP contribution < -0.4 is 0 Å². The fourth-order valence-corrected chi connectivity index (χ4v) is 2.19. The Morgan fingerprint density at radius 2 is 1.72 bits per heavy atom. The Morgan fingerprint density at radius 1 is 0.944 bits per heavy atom. The molecule has 1 heterocycles. The molecule has 0 amide bonds. The molecule has 0 fully saturated rings. The van der Waals surface area contributed by atoms with Crippen molar-refractivity contribution in [1.29, 1.82) is 0 Å². The van der Waals surface area contributed by atoms with E-state index in [2.05, 4.69) is 0 Å². The molecule has 88 valence electrons. The number of rotatable bonds is 2. The summed E-state index contributed by atoms with van der Waals surface area (Å²) in [6.07, 6.45) is 1.55. The molecule has 2 nitrogen and oxygen atoms in total. The summed E-state index contributed by atoms with van der Waals surface area (Å²) < 4.78 is 5.20. The monoisotopic (exact) mass is 236 g/mol. The van der Waals surface area contributed by atoms with Gasteiger partial charge < -0.3 is 4.42 Å². The van der Waals surface area contributed by atoms with Crippen LogP contribution in [0.2, 0.25) is 0 Å². The van der Waals surface area contributed by atoms with Gasteiger partial charge in [-0.3, -0.25) is 4.79 Å². The average molecular weight is 236 g/mol. The molecule has 0 saturated heterocycles. The van der Waals surface area contributed by atoms with E-state index in [-0.39, 0.29) is 5.78 Å². The van der Waals surface area contributed by atoms with Crippen molar-refractivity contribution in [2.45, 2.75) is 6.92 Å². The van der Waals surface area contributed by atoms with Crippen molar-refractivity contribution in [3.63, 3.8) is 0 Å². The van der Waals surface area contributed by atoms with E-state index in [1.165, 1.54) is 0 Å². The lowest BCUT2D eigenvalue weighted by Gasteiger charge is -2.04. The van der Waals surface area contributed by atoms with Gasteiger partial charge in [0, 0.05) is 5.56 Å². The number of fused-ring (bicyclic) bond motifs is 1. The van der Waals surface area contributed by atoms with Gasteiger partial charge in [0.05, 0.1) is 11.8 Å². The van der Waals surface area contributed by atoms with Gasteiger partial charge in [0.2, 0.25) is 0 Å². The second-order valence-electron chi connectivity index (χ2n) is 4.25. The zero-order valence-electron chi connectivity index (χ0n) is 10.0. The van der Waals surface area contributed by atoms with E-state index in [0.717, 1.165) is 16.3 Å². The van der Waals surface area contributed by atoms with E-state index in [4.69, 9.17) is 4.42 Å². The fraction of sp³-hybridized carbons (Fsp3) is 0.0625. The molecule has 0 aliphatic rings. The molecule has 0 atom stereocenters. The number of carbonyl (C=O) groups excluding carboxylic acids is 1. The minimum atomic E-state index is 0.0121. The van der Waals surface area contributed by atoms with Crippen molar-refractivity contribution in [3.05, 3.63) is 71.7 Å². The number of aryl methyl sites for hydroxylation is 1. The van der Waals surface area contributed by atoms with Gasteiger partial charge in [0.15, 0.2) is 5.78 Å². The van der Waals surface area contributed by atoms with Gasteiger partial charge in [-0.25, -0.2) is 0 Å². The lowest BCUT2D eigenvalue weighted by Crippen LogP contribution is -2.02. The van der Waals surface area contributed by atoms with Crippen LogP contribution in [-0.2, 0) is 0 Å². The summed E-state index contributed by atoms with van der Waals surface area (Å²) >= 11 is 0. The number of ketones is 1.